The highest BCUT2D eigenvalue weighted by Crippen LogP contribution is 2.39. The summed E-state index contributed by atoms with van der Waals surface area (Å²) in [6.45, 7) is 2.01. The second-order valence-corrected chi connectivity index (χ2v) is 6.18. The zero-order chi connectivity index (χ0) is 12.5. The highest BCUT2D eigenvalue weighted by atomic mass is 32.2. The number of nitrogens with zero attached hydrogens (tertiary/aromatic N) is 2. The van der Waals surface area contributed by atoms with E-state index in [2.05, 4.69) is 20.7 Å². The molecule has 0 bridgehead atoms. The number of nitrogens with one attached hydrogen (secondary N) is 2. The van der Waals surface area contributed by atoms with E-state index in [0.717, 1.165) is 28.8 Å². The molecule has 1 unspecified atom stereocenters. The van der Waals surface area contributed by atoms with E-state index in [1.807, 2.05) is 18.7 Å². The van der Waals surface area contributed by atoms with E-state index in [1.54, 1.807) is 0 Å². The average Bonchev–Trinajstić information content (AvgIpc) is 3.11. The molecule has 18 heavy (non-hydrogen) atoms. The lowest BCUT2D eigenvalue weighted by atomic mass is 10.2. The van der Waals surface area contributed by atoms with Crippen molar-refractivity contribution < 1.29 is 0 Å². The van der Waals surface area contributed by atoms with Crippen LogP contribution in [0.1, 0.15) is 36.6 Å². The minimum absolute atomic E-state index is 0.529. The Bertz CT molecular complexity index is 440. The fourth-order valence-electron chi connectivity index (χ4n) is 2.18. The molecule has 1 saturated carbocycles. The van der Waals surface area contributed by atoms with Crippen molar-refractivity contribution in [2.45, 2.75) is 38.1 Å². The molecule has 2 fully saturated rings. The molecule has 0 spiro atoms. The number of hydrazine groups is 1. The first kappa shape index (κ1) is 12.0. The molecule has 2 heterocycles. The maximum absolute atomic E-state index is 5.54. The Balaban J connectivity index is 1.87. The van der Waals surface area contributed by atoms with Crippen LogP contribution in [0.5, 0.6) is 0 Å². The fraction of sp³-hybridized carbons (Fsp3) is 0.667. The van der Waals surface area contributed by atoms with Crippen LogP contribution < -0.4 is 16.6 Å². The summed E-state index contributed by atoms with van der Waals surface area (Å²) in [6.07, 6.45) is 3.61. The molecule has 1 aromatic heterocycles. The van der Waals surface area contributed by atoms with Crippen LogP contribution in [0.2, 0.25) is 0 Å². The summed E-state index contributed by atoms with van der Waals surface area (Å²) in [5.41, 5.74) is 3.70. The number of nitrogens with two attached hydrogens (primary N) is 1. The summed E-state index contributed by atoms with van der Waals surface area (Å²) in [4.78, 5) is 9.17. The van der Waals surface area contributed by atoms with Gasteiger partial charge in [0.1, 0.15) is 17.5 Å². The number of hydrogen-bond donors (Lipinski definition) is 3. The molecule has 0 amide bonds. The number of rotatable bonds is 4. The molecule has 1 aromatic rings. The third-order valence-electron chi connectivity index (χ3n) is 3.51. The topological polar surface area (TPSA) is 75.9 Å². The lowest BCUT2D eigenvalue weighted by Crippen LogP contribution is -2.22. The smallest absolute Gasteiger partial charge is 0.148 e. The first-order chi connectivity index (χ1) is 8.78. The van der Waals surface area contributed by atoms with Gasteiger partial charge < -0.3 is 10.7 Å². The van der Waals surface area contributed by atoms with Crippen molar-refractivity contribution in [1.29, 1.82) is 0 Å². The van der Waals surface area contributed by atoms with Crippen molar-refractivity contribution in [3.05, 3.63) is 11.4 Å². The molecule has 98 valence electrons. The Morgan fingerprint density at radius 1 is 1.22 bits per heavy atom. The highest BCUT2D eigenvalue weighted by molar-refractivity contribution is 7.99. The highest BCUT2D eigenvalue weighted by Gasteiger charge is 2.28. The van der Waals surface area contributed by atoms with Gasteiger partial charge in [0, 0.05) is 23.3 Å². The van der Waals surface area contributed by atoms with Crippen LogP contribution in [0.4, 0.5) is 11.6 Å². The van der Waals surface area contributed by atoms with E-state index in [1.165, 1.54) is 25.0 Å². The molecular formula is C12H19N5S. The lowest BCUT2D eigenvalue weighted by Gasteiger charge is -2.17. The van der Waals surface area contributed by atoms with Gasteiger partial charge in [-0.15, -0.1) is 0 Å². The zero-order valence-corrected chi connectivity index (χ0v) is 11.4. The zero-order valence-electron chi connectivity index (χ0n) is 10.6. The van der Waals surface area contributed by atoms with E-state index in [9.17, 15) is 0 Å². The summed E-state index contributed by atoms with van der Waals surface area (Å²) in [6, 6.07) is 0.529. The summed E-state index contributed by atoms with van der Waals surface area (Å²) in [7, 11) is 0. The summed E-state index contributed by atoms with van der Waals surface area (Å²) < 4.78 is 0. The fourth-order valence-corrected chi connectivity index (χ4v) is 3.33. The van der Waals surface area contributed by atoms with E-state index in [4.69, 9.17) is 5.84 Å². The van der Waals surface area contributed by atoms with Gasteiger partial charge in [-0.2, -0.15) is 11.8 Å². The molecule has 1 aliphatic heterocycles. The Kier molecular flexibility index (Phi) is 3.30. The molecule has 5 nitrogen and oxygen atoms in total. The van der Waals surface area contributed by atoms with Gasteiger partial charge in [-0.05, 0) is 31.9 Å². The van der Waals surface area contributed by atoms with E-state index < -0.39 is 0 Å². The van der Waals surface area contributed by atoms with Crippen LogP contribution >= 0.6 is 11.8 Å². The molecular weight excluding hydrogens is 246 g/mol. The summed E-state index contributed by atoms with van der Waals surface area (Å²) >= 11 is 1.99. The number of nitrogen functional groups attached to an aromatic ring is 1. The van der Waals surface area contributed by atoms with E-state index in [-0.39, 0.29) is 0 Å². The standard InChI is InChI=1S/C12H19N5S/c1-7-10(14-9-4-5-18-6-9)15-12(8-2-3-8)16-11(7)17-13/h8-9H,2-6,13H2,1H3,(H2,14,15,16,17). The Morgan fingerprint density at radius 2 is 2.00 bits per heavy atom. The van der Waals surface area contributed by atoms with Gasteiger partial charge in [0.05, 0.1) is 0 Å². The van der Waals surface area contributed by atoms with Gasteiger partial charge in [0.2, 0.25) is 0 Å². The molecule has 1 aliphatic carbocycles. The van der Waals surface area contributed by atoms with Gasteiger partial charge in [-0.25, -0.2) is 15.8 Å². The van der Waals surface area contributed by atoms with Gasteiger partial charge in [-0.3, -0.25) is 0 Å². The summed E-state index contributed by atoms with van der Waals surface area (Å²) in [5.74, 6) is 11.1. The Labute approximate surface area is 111 Å². The third-order valence-corrected chi connectivity index (χ3v) is 4.68. The second-order valence-electron chi connectivity index (χ2n) is 5.03. The van der Waals surface area contributed by atoms with Crippen LogP contribution in [0.15, 0.2) is 0 Å². The predicted octanol–water partition coefficient (Wildman–Crippen LogP) is 1.87. The number of hydrogen-bond acceptors (Lipinski definition) is 6. The van der Waals surface area contributed by atoms with Gasteiger partial charge in [0.25, 0.3) is 0 Å². The number of aromatic nitrogens is 2. The van der Waals surface area contributed by atoms with Gasteiger partial charge in [0.15, 0.2) is 0 Å². The van der Waals surface area contributed by atoms with Crippen molar-refractivity contribution in [3.8, 4) is 0 Å². The summed E-state index contributed by atoms with van der Waals surface area (Å²) in [5, 5.41) is 3.54. The first-order valence-corrected chi connectivity index (χ1v) is 7.63. The number of thioether (sulfide) groups is 1. The molecule has 0 aromatic carbocycles. The predicted molar refractivity (Wildman–Crippen MR) is 75.9 cm³/mol. The molecule has 3 rings (SSSR count). The normalized spacial score (nSPS) is 23.1. The molecule has 1 saturated heterocycles. The van der Waals surface area contributed by atoms with Gasteiger partial charge in [-0.1, -0.05) is 0 Å². The maximum atomic E-state index is 5.54. The first-order valence-electron chi connectivity index (χ1n) is 6.47. The molecule has 4 N–H and O–H groups in total. The van der Waals surface area contributed by atoms with Crippen LogP contribution in [0.25, 0.3) is 0 Å². The third kappa shape index (κ3) is 2.40. The van der Waals surface area contributed by atoms with Gasteiger partial charge >= 0.3 is 0 Å². The Hall–Kier alpha value is -1.01. The second kappa shape index (κ2) is 4.93. The minimum atomic E-state index is 0.529. The Morgan fingerprint density at radius 3 is 2.61 bits per heavy atom. The van der Waals surface area contributed by atoms with Crippen LogP contribution in [-0.4, -0.2) is 27.5 Å². The van der Waals surface area contributed by atoms with Crippen molar-refractivity contribution in [2.24, 2.45) is 5.84 Å². The monoisotopic (exact) mass is 265 g/mol. The van der Waals surface area contributed by atoms with Crippen LogP contribution in [0, 0.1) is 6.92 Å². The SMILES string of the molecule is Cc1c(NN)nc(C2CC2)nc1NC1CCSC1. The van der Waals surface area contributed by atoms with E-state index >= 15 is 0 Å². The molecule has 6 heteroatoms. The average molecular weight is 265 g/mol. The molecule has 0 radical (unpaired) electrons. The van der Waals surface area contributed by atoms with Crippen LogP contribution in [0.3, 0.4) is 0 Å². The van der Waals surface area contributed by atoms with Crippen molar-refractivity contribution in [3.63, 3.8) is 0 Å². The van der Waals surface area contributed by atoms with E-state index in [0.29, 0.717) is 12.0 Å². The number of anilines is 2. The minimum Gasteiger partial charge on any atom is -0.366 e. The molecule has 2 aliphatic rings. The maximum Gasteiger partial charge on any atom is 0.148 e. The van der Waals surface area contributed by atoms with Crippen LogP contribution in [-0.2, 0) is 0 Å². The molecule has 1 atom stereocenters. The van der Waals surface area contributed by atoms with Crippen molar-refractivity contribution in [1.82, 2.24) is 9.97 Å². The largest absolute Gasteiger partial charge is 0.366 e. The van der Waals surface area contributed by atoms with Crippen molar-refractivity contribution >= 4 is 23.4 Å². The van der Waals surface area contributed by atoms with Crippen molar-refractivity contribution in [2.75, 3.05) is 22.2 Å². The lowest BCUT2D eigenvalue weighted by molar-refractivity contribution is 0.796. The quantitative estimate of drug-likeness (QED) is 0.570.